The molecule has 3 aliphatic rings. The lowest BCUT2D eigenvalue weighted by Crippen LogP contribution is -2.45. The van der Waals surface area contributed by atoms with Gasteiger partial charge in [0.2, 0.25) is 0 Å². The van der Waals surface area contributed by atoms with Gasteiger partial charge in [-0.15, -0.1) is 0 Å². The summed E-state index contributed by atoms with van der Waals surface area (Å²) < 4.78 is 6.07. The van der Waals surface area contributed by atoms with Crippen molar-refractivity contribution in [2.75, 3.05) is 0 Å². The van der Waals surface area contributed by atoms with Crippen molar-refractivity contribution in [1.82, 2.24) is 0 Å². The van der Waals surface area contributed by atoms with Crippen molar-refractivity contribution < 1.29 is 19.4 Å². The van der Waals surface area contributed by atoms with Crippen LogP contribution in [0.25, 0.3) is 10.8 Å². The molecule has 6 atom stereocenters. The number of carbonyl (C=O) groups is 2. The maximum Gasteiger partial charge on any atom is 0.338 e. The molecule has 0 saturated heterocycles. The Morgan fingerprint density at radius 2 is 1.74 bits per heavy atom. The second kappa shape index (κ2) is 8.44. The molecule has 0 spiro atoms. The minimum atomic E-state index is -1.57. The van der Waals surface area contributed by atoms with E-state index in [4.69, 9.17) is 4.74 Å². The number of hydrogen-bond donors (Lipinski definition) is 1. The average molecular weight is 473 g/mol. The average Bonchev–Trinajstić information content (AvgIpc) is 3.25. The van der Waals surface area contributed by atoms with E-state index >= 15 is 0 Å². The molecule has 2 fully saturated rings. The molecular weight excluding hydrogens is 436 g/mol. The molecule has 0 radical (unpaired) electrons. The molecule has 3 aliphatic carbocycles. The summed E-state index contributed by atoms with van der Waals surface area (Å²) in [6.45, 7) is 10.4. The number of ketones is 1. The van der Waals surface area contributed by atoms with E-state index in [1.54, 1.807) is 6.07 Å². The molecule has 1 N–H and O–H groups in total. The first-order valence-electron chi connectivity index (χ1n) is 12.8. The summed E-state index contributed by atoms with van der Waals surface area (Å²) in [5.41, 5.74) is 0.856. The van der Waals surface area contributed by atoms with Gasteiger partial charge in [0.15, 0.2) is 5.78 Å². The summed E-state index contributed by atoms with van der Waals surface area (Å²) in [7, 11) is 0. The lowest BCUT2D eigenvalue weighted by Gasteiger charge is -2.30. The molecule has 2 saturated carbocycles. The van der Waals surface area contributed by atoms with Gasteiger partial charge in [-0.25, -0.2) is 4.79 Å². The van der Waals surface area contributed by atoms with Crippen LogP contribution in [0.1, 0.15) is 64.2 Å². The molecule has 35 heavy (non-hydrogen) atoms. The topological polar surface area (TPSA) is 63.6 Å². The zero-order valence-electron chi connectivity index (χ0n) is 21.4. The van der Waals surface area contributed by atoms with Gasteiger partial charge in [0, 0.05) is 0 Å². The van der Waals surface area contributed by atoms with Gasteiger partial charge in [0.05, 0.1) is 11.5 Å². The number of aliphatic hydroxyl groups is 1. The SMILES string of the molecule is C/C1=C/[C@H]2[C@@H](OC(=O)c3ccc4ccccc4c3)[C@@H](C)C[C@]2(O)C(=O)/C(C)=C/[C@@H]2[C@H](CC1)C2(C)C. The lowest BCUT2D eigenvalue weighted by molar-refractivity contribution is -0.136. The third-order valence-corrected chi connectivity index (χ3v) is 8.96. The molecule has 4 nitrogen and oxygen atoms in total. The zero-order valence-corrected chi connectivity index (χ0v) is 21.4. The number of rotatable bonds is 2. The zero-order chi connectivity index (χ0) is 25.1. The first-order chi connectivity index (χ1) is 16.5. The summed E-state index contributed by atoms with van der Waals surface area (Å²) in [4.78, 5) is 26.9. The predicted molar refractivity (Wildman–Crippen MR) is 138 cm³/mol. The lowest BCUT2D eigenvalue weighted by atomic mass is 9.81. The van der Waals surface area contributed by atoms with Gasteiger partial charge in [0.25, 0.3) is 0 Å². The third kappa shape index (κ3) is 4.06. The second-order valence-corrected chi connectivity index (χ2v) is 11.7. The van der Waals surface area contributed by atoms with Crippen molar-refractivity contribution in [3.8, 4) is 0 Å². The molecule has 2 aromatic carbocycles. The fourth-order valence-corrected chi connectivity index (χ4v) is 6.67. The largest absolute Gasteiger partial charge is 0.458 e. The van der Waals surface area contributed by atoms with Crippen LogP contribution in [0.3, 0.4) is 0 Å². The summed E-state index contributed by atoms with van der Waals surface area (Å²) in [6.07, 6.45) is 5.78. The van der Waals surface area contributed by atoms with E-state index in [2.05, 4.69) is 26.8 Å². The normalized spacial score (nSPS) is 37.2. The van der Waals surface area contributed by atoms with Crippen molar-refractivity contribution in [3.63, 3.8) is 0 Å². The Morgan fingerprint density at radius 3 is 2.49 bits per heavy atom. The first-order valence-corrected chi connectivity index (χ1v) is 12.8. The van der Waals surface area contributed by atoms with E-state index in [1.807, 2.05) is 56.3 Å². The number of allylic oxidation sites excluding steroid dienone is 2. The molecule has 4 heteroatoms. The highest BCUT2D eigenvalue weighted by atomic mass is 16.5. The summed E-state index contributed by atoms with van der Waals surface area (Å²) in [5, 5.41) is 13.9. The number of carbonyl (C=O) groups excluding carboxylic acids is 2. The maximum atomic E-state index is 13.7. The fourth-order valence-electron chi connectivity index (χ4n) is 6.67. The Morgan fingerprint density at radius 1 is 1.03 bits per heavy atom. The number of hydrogen-bond acceptors (Lipinski definition) is 4. The molecule has 0 heterocycles. The standard InChI is InChI=1S/C31H36O4/c1-18-10-13-24-25(30(24,4)5)15-19(2)28(32)31(34)17-20(3)27(26(31)14-18)35-29(33)23-12-11-21-8-6-7-9-22(21)16-23/h6-9,11-12,14-16,20,24-27,34H,10,13,17H2,1-5H3/b18-14-,19-15+/t20-,24-,25+,26-,27-,31+/m0/s1. The number of ether oxygens (including phenoxy) is 1. The minimum absolute atomic E-state index is 0.150. The molecule has 0 aliphatic heterocycles. The highest BCUT2D eigenvalue weighted by Crippen LogP contribution is 2.62. The Labute approximate surface area is 208 Å². The molecule has 0 aromatic heterocycles. The van der Waals surface area contributed by atoms with E-state index in [9.17, 15) is 14.7 Å². The fraction of sp³-hybridized carbons (Fsp3) is 0.484. The number of fused-ring (bicyclic) bond motifs is 3. The van der Waals surface area contributed by atoms with Gasteiger partial charge in [-0.1, -0.05) is 68.8 Å². The van der Waals surface area contributed by atoms with Crippen LogP contribution >= 0.6 is 0 Å². The summed E-state index contributed by atoms with van der Waals surface area (Å²) in [6, 6.07) is 13.4. The molecule has 5 rings (SSSR count). The van der Waals surface area contributed by atoms with Gasteiger partial charge in [-0.05, 0) is 84.8 Å². The van der Waals surface area contributed by atoms with Gasteiger partial charge in [0.1, 0.15) is 11.7 Å². The van der Waals surface area contributed by atoms with Crippen LogP contribution in [0, 0.1) is 29.1 Å². The van der Waals surface area contributed by atoms with Gasteiger partial charge >= 0.3 is 5.97 Å². The van der Waals surface area contributed by atoms with E-state index in [1.165, 1.54) is 0 Å². The van der Waals surface area contributed by atoms with E-state index in [0.717, 1.165) is 29.2 Å². The third-order valence-electron chi connectivity index (χ3n) is 8.96. The molecular formula is C31H36O4. The van der Waals surface area contributed by atoms with Crippen LogP contribution in [-0.2, 0) is 9.53 Å². The highest BCUT2D eigenvalue weighted by molar-refractivity contribution is 6.02. The van der Waals surface area contributed by atoms with E-state index in [-0.39, 0.29) is 23.5 Å². The molecule has 0 amide bonds. The number of Topliss-reactive ketones (excluding diaryl/α,β-unsaturated/α-hetero) is 1. The molecule has 0 bridgehead atoms. The predicted octanol–water partition coefficient (Wildman–Crippen LogP) is 6.28. The highest BCUT2D eigenvalue weighted by Gasteiger charge is 2.59. The minimum Gasteiger partial charge on any atom is -0.458 e. The monoisotopic (exact) mass is 472 g/mol. The molecule has 0 unspecified atom stereocenters. The number of esters is 1. The van der Waals surface area contributed by atoms with Crippen LogP contribution in [0.4, 0.5) is 0 Å². The first kappa shape index (κ1) is 24.0. The number of benzene rings is 2. The van der Waals surface area contributed by atoms with Crippen LogP contribution in [-0.4, -0.2) is 28.6 Å². The molecule has 184 valence electrons. The van der Waals surface area contributed by atoms with Crippen LogP contribution in [0.15, 0.2) is 65.8 Å². The Balaban J connectivity index is 1.47. The van der Waals surface area contributed by atoms with Crippen LogP contribution < -0.4 is 0 Å². The van der Waals surface area contributed by atoms with Gasteiger partial charge in [-0.2, -0.15) is 0 Å². The Hall–Kier alpha value is -2.72. The summed E-state index contributed by atoms with van der Waals surface area (Å²) >= 11 is 0. The quantitative estimate of drug-likeness (QED) is 0.413. The second-order valence-electron chi connectivity index (χ2n) is 11.7. The van der Waals surface area contributed by atoms with Crippen LogP contribution in [0.5, 0.6) is 0 Å². The Kier molecular flexibility index (Phi) is 5.79. The molecule has 2 aromatic rings. The van der Waals surface area contributed by atoms with E-state index < -0.39 is 23.6 Å². The smallest absolute Gasteiger partial charge is 0.338 e. The van der Waals surface area contributed by atoms with Crippen molar-refractivity contribution in [1.29, 1.82) is 0 Å². The van der Waals surface area contributed by atoms with Crippen molar-refractivity contribution in [2.45, 2.75) is 65.6 Å². The van der Waals surface area contributed by atoms with Gasteiger partial charge < -0.3 is 9.84 Å². The maximum absolute atomic E-state index is 13.7. The summed E-state index contributed by atoms with van der Waals surface area (Å²) in [5.74, 6) is -0.462. The Bertz CT molecular complexity index is 1250. The van der Waals surface area contributed by atoms with Crippen LogP contribution in [0.2, 0.25) is 0 Å². The van der Waals surface area contributed by atoms with Crippen molar-refractivity contribution in [3.05, 3.63) is 71.3 Å². The van der Waals surface area contributed by atoms with Gasteiger partial charge in [-0.3, -0.25) is 4.79 Å². The van der Waals surface area contributed by atoms with Crippen molar-refractivity contribution in [2.24, 2.45) is 29.1 Å². The van der Waals surface area contributed by atoms with E-state index in [0.29, 0.717) is 23.0 Å². The van der Waals surface area contributed by atoms with Crippen molar-refractivity contribution >= 4 is 22.5 Å².